The predicted octanol–water partition coefficient (Wildman–Crippen LogP) is 3.62. The smallest absolute Gasteiger partial charge is 0.261 e. The van der Waals surface area contributed by atoms with Crippen LogP contribution in [0.25, 0.3) is 10.9 Å². The van der Waals surface area contributed by atoms with Crippen molar-refractivity contribution in [2.75, 3.05) is 5.32 Å². The van der Waals surface area contributed by atoms with Gasteiger partial charge in [0.1, 0.15) is 5.39 Å². The van der Waals surface area contributed by atoms with E-state index in [1.54, 1.807) is 12.1 Å². The van der Waals surface area contributed by atoms with Gasteiger partial charge in [0, 0.05) is 30.1 Å². The van der Waals surface area contributed by atoms with Gasteiger partial charge in [-0.05, 0) is 25.0 Å². The van der Waals surface area contributed by atoms with E-state index < -0.39 is 5.95 Å². The van der Waals surface area contributed by atoms with Gasteiger partial charge in [-0.2, -0.15) is 14.8 Å². The Morgan fingerprint density at radius 2 is 2.08 bits per heavy atom. The number of nitriles is 1. The predicted molar refractivity (Wildman–Crippen MR) is 96.4 cm³/mol. The van der Waals surface area contributed by atoms with Crippen LogP contribution in [0.4, 0.5) is 15.9 Å². The number of aromatic nitrogens is 4. The van der Waals surface area contributed by atoms with Crippen LogP contribution in [0.2, 0.25) is 0 Å². The molecule has 26 heavy (non-hydrogen) atoms. The quantitative estimate of drug-likeness (QED) is 0.609. The molecule has 1 fully saturated rings. The fourth-order valence-electron chi connectivity index (χ4n) is 2.92. The zero-order valence-electron chi connectivity index (χ0n) is 14.1. The minimum atomic E-state index is -0.603. The summed E-state index contributed by atoms with van der Waals surface area (Å²) < 4.78 is 12.9. The van der Waals surface area contributed by atoms with Crippen molar-refractivity contribution in [1.82, 2.24) is 20.2 Å². The molecule has 4 rings (SSSR count). The third-order valence-electron chi connectivity index (χ3n) is 4.26. The summed E-state index contributed by atoms with van der Waals surface area (Å²) in [5.41, 5.74) is 0.813. The third kappa shape index (κ3) is 4.25. The van der Waals surface area contributed by atoms with Gasteiger partial charge in [-0.1, -0.05) is 19.3 Å². The SMILES string of the molecule is N#CC1CCCCC1.O=c1[nH]ccc2[nH]nc(Nc3ccnc(F)c3)c12. The van der Waals surface area contributed by atoms with E-state index >= 15 is 0 Å². The Bertz CT molecular complexity index is 967. The molecule has 3 N–H and O–H groups in total. The molecule has 134 valence electrons. The second-order valence-electron chi connectivity index (χ2n) is 6.12. The molecule has 7 nitrogen and oxygen atoms in total. The highest BCUT2D eigenvalue weighted by Crippen LogP contribution is 2.22. The van der Waals surface area contributed by atoms with Crippen molar-refractivity contribution in [3.05, 3.63) is 46.9 Å². The molecule has 1 aliphatic carbocycles. The second kappa shape index (κ2) is 8.25. The maximum absolute atomic E-state index is 12.9. The van der Waals surface area contributed by atoms with Crippen LogP contribution in [0.1, 0.15) is 32.1 Å². The first-order chi connectivity index (χ1) is 12.7. The number of halogens is 1. The maximum Gasteiger partial charge on any atom is 0.261 e. The molecule has 0 bridgehead atoms. The minimum absolute atomic E-state index is 0.265. The van der Waals surface area contributed by atoms with Crippen molar-refractivity contribution in [2.24, 2.45) is 5.92 Å². The van der Waals surface area contributed by atoms with E-state index in [0.29, 0.717) is 28.3 Å². The number of fused-ring (bicyclic) bond motifs is 1. The fraction of sp³-hybridized carbons (Fsp3) is 0.333. The molecule has 0 saturated heterocycles. The van der Waals surface area contributed by atoms with Crippen LogP contribution >= 0.6 is 0 Å². The molecule has 3 aromatic heterocycles. The minimum Gasteiger partial charge on any atom is -0.338 e. The fourth-order valence-corrected chi connectivity index (χ4v) is 2.92. The first-order valence-corrected chi connectivity index (χ1v) is 8.51. The Balaban J connectivity index is 0.000000206. The summed E-state index contributed by atoms with van der Waals surface area (Å²) in [5, 5.41) is 18.4. The molecule has 0 aliphatic heterocycles. The lowest BCUT2D eigenvalue weighted by molar-refractivity contribution is 0.427. The number of hydrogen-bond acceptors (Lipinski definition) is 5. The highest BCUT2D eigenvalue weighted by molar-refractivity contribution is 5.90. The number of rotatable bonds is 2. The molecule has 3 aromatic rings. The van der Waals surface area contributed by atoms with Gasteiger partial charge in [0.05, 0.1) is 11.6 Å². The molecule has 0 spiro atoms. The monoisotopic (exact) mass is 354 g/mol. The van der Waals surface area contributed by atoms with Crippen molar-refractivity contribution < 1.29 is 4.39 Å². The zero-order chi connectivity index (χ0) is 18.4. The van der Waals surface area contributed by atoms with Crippen LogP contribution in [-0.2, 0) is 0 Å². The van der Waals surface area contributed by atoms with Crippen LogP contribution < -0.4 is 10.9 Å². The Morgan fingerprint density at radius 1 is 1.27 bits per heavy atom. The van der Waals surface area contributed by atoms with Crippen molar-refractivity contribution in [1.29, 1.82) is 5.26 Å². The van der Waals surface area contributed by atoms with Gasteiger partial charge in [-0.15, -0.1) is 0 Å². The molecular formula is C18H19FN6O. The first-order valence-electron chi connectivity index (χ1n) is 8.51. The van der Waals surface area contributed by atoms with Crippen molar-refractivity contribution >= 4 is 22.4 Å². The summed E-state index contributed by atoms with van der Waals surface area (Å²) in [6.07, 6.45) is 9.05. The second-order valence-corrected chi connectivity index (χ2v) is 6.12. The molecule has 3 heterocycles. The van der Waals surface area contributed by atoms with Crippen LogP contribution in [0.15, 0.2) is 35.4 Å². The van der Waals surface area contributed by atoms with E-state index in [9.17, 15) is 9.18 Å². The van der Waals surface area contributed by atoms with Gasteiger partial charge in [0.15, 0.2) is 5.82 Å². The van der Waals surface area contributed by atoms with Crippen molar-refractivity contribution in [2.45, 2.75) is 32.1 Å². The number of H-pyrrole nitrogens is 2. The number of hydrogen-bond donors (Lipinski definition) is 3. The zero-order valence-corrected chi connectivity index (χ0v) is 14.1. The summed E-state index contributed by atoms with van der Waals surface area (Å²) >= 11 is 0. The van der Waals surface area contributed by atoms with Crippen LogP contribution in [0, 0.1) is 23.2 Å². The molecule has 1 saturated carbocycles. The molecule has 0 atom stereocenters. The number of nitrogens with zero attached hydrogens (tertiary/aromatic N) is 3. The molecule has 8 heteroatoms. The van der Waals surface area contributed by atoms with Crippen molar-refractivity contribution in [3.63, 3.8) is 0 Å². The van der Waals surface area contributed by atoms with Gasteiger partial charge in [0.2, 0.25) is 5.95 Å². The van der Waals surface area contributed by atoms with Crippen LogP contribution in [-0.4, -0.2) is 20.2 Å². The summed E-state index contributed by atoms with van der Waals surface area (Å²) in [5.74, 6) is 0.134. The van der Waals surface area contributed by atoms with Gasteiger partial charge < -0.3 is 10.3 Å². The Labute approximate surface area is 149 Å². The average Bonchev–Trinajstić information content (AvgIpc) is 3.07. The van der Waals surface area contributed by atoms with E-state index in [1.165, 1.54) is 37.7 Å². The van der Waals surface area contributed by atoms with Crippen LogP contribution in [0.5, 0.6) is 0 Å². The lowest BCUT2D eigenvalue weighted by Crippen LogP contribution is -2.05. The number of aromatic amines is 2. The molecule has 0 amide bonds. The summed E-state index contributed by atoms with van der Waals surface area (Å²) in [7, 11) is 0. The summed E-state index contributed by atoms with van der Waals surface area (Å²) in [6.45, 7) is 0. The van der Waals surface area contributed by atoms with Gasteiger partial charge in [0.25, 0.3) is 5.56 Å². The first kappa shape index (κ1) is 17.6. The van der Waals surface area contributed by atoms with E-state index in [2.05, 4.69) is 31.6 Å². The van der Waals surface area contributed by atoms with Gasteiger partial charge in [-0.25, -0.2) is 4.98 Å². The van der Waals surface area contributed by atoms with E-state index in [-0.39, 0.29) is 5.56 Å². The van der Waals surface area contributed by atoms with Gasteiger partial charge in [-0.3, -0.25) is 9.89 Å². The van der Waals surface area contributed by atoms with E-state index in [4.69, 9.17) is 5.26 Å². The Hall–Kier alpha value is -3.21. The Morgan fingerprint density at radius 3 is 2.77 bits per heavy atom. The molecule has 1 aliphatic rings. The molecule has 0 aromatic carbocycles. The topological polar surface area (TPSA) is 110 Å². The highest BCUT2D eigenvalue weighted by atomic mass is 19.1. The lowest BCUT2D eigenvalue weighted by Gasteiger charge is -2.13. The number of anilines is 2. The maximum atomic E-state index is 12.9. The van der Waals surface area contributed by atoms with Crippen LogP contribution in [0.3, 0.4) is 0 Å². The highest BCUT2D eigenvalue weighted by Gasteiger charge is 2.11. The van der Waals surface area contributed by atoms with E-state index in [1.807, 2.05) is 0 Å². The van der Waals surface area contributed by atoms with Crippen molar-refractivity contribution in [3.8, 4) is 6.07 Å². The van der Waals surface area contributed by atoms with E-state index in [0.717, 1.165) is 12.8 Å². The average molecular weight is 354 g/mol. The molecular weight excluding hydrogens is 335 g/mol. The normalized spacial score (nSPS) is 14.3. The Kier molecular flexibility index (Phi) is 5.59. The third-order valence-corrected chi connectivity index (χ3v) is 4.26. The number of nitrogens with one attached hydrogen (secondary N) is 3. The van der Waals surface area contributed by atoms with Gasteiger partial charge >= 0.3 is 0 Å². The standard InChI is InChI=1S/C11H8FN5O.C7H11N/c12-8-5-6(1-3-13-8)15-10-9-7(16-17-10)2-4-14-11(9)18;8-6-7-4-2-1-3-5-7/h1-5H,(H,14,18)(H2,13,15,16,17);7H,1-5H2. The summed E-state index contributed by atoms with van der Waals surface area (Å²) in [4.78, 5) is 17.7. The number of pyridine rings is 2. The largest absolute Gasteiger partial charge is 0.338 e. The molecule has 0 unspecified atom stereocenters. The lowest BCUT2D eigenvalue weighted by atomic mass is 9.91. The summed E-state index contributed by atoms with van der Waals surface area (Å²) in [6, 6.07) is 6.80. The molecule has 0 radical (unpaired) electrons.